The van der Waals surface area contributed by atoms with Crippen molar-refractivity contribution < 1.29 is 9.53 Å². The molecule has 0 saturated heterocycles. The molecule has 1 aromatic rings. The van der Waals surface area contributed by atoms with Crippen LogP contribution in [0.2, 0.25) is 0 Å². The third-order valence-electron chi connectivity index (χ3n) is 4.35. The predicted octanol–water partition coefficient (Wildman–Crippen LogP) is 1.63. The Morgan fingerprint density at radius 2 is 2.12 bits per heavy atom. The lowest BCUT2D eigenvalue weighted by Crippen LogP contribution is -2.41. The van der Waals surface area contributed by atoms with E-state index >= 15 is 0 Å². The Hall–Kier alpha value is -2.24. The van der Waals surface area contributed by atoms with Crippen LogP contribution in [0.25, 0.3) is 0 Å². The van der Waals surface area contributed by atoms with Crippen molar-refractivity contribution in [1.29, 1.82) is 0 Å². The van der Waals surface area contributed by atoms with Crippen LogP contribution >= 0.6 is 0 Å². The SMILES string of the molecule is CCC(C)NC(=O)CCNC(=NC)NCCc1ccc2c(c1)CCO2. The minimum Gasteiger partial charge on any atom is -0.493 e. The average molecular weight is 346 g/mol. The van der Waals surface area contributed by atoms with E-state index in [9.17, 15) is 4.79 Å². The first kappa shape index (κ1) is 19.1. The van der Waals surface area contributed by atoms with E-state index in [1.54, 1.807) is 7.05 Å². The minimum absolute atomic E-state index is 0.0673. The van der Waals surface area contributed by atoms with E-state index in [1.165, 1.54) is 11.1 Å². The standard InChI is InChI=1S/C19H30N4O2/c1-4-14(2)23-18(24)8-11-22-19(20-3)21-10-7-15-5-6-17-16(13-15)9-12-25-17/h5-6,13-14H,4,7-12H2,1-3H3,(H,23,24)(H2,20,21,22). The fourth-order valence-electron chi connectivity index (χ4n) is 2.68. The van der Waals surface area contributed by atoms with Crippen molar-refractivity contribution in [2.24, 2.45) is 4.99 Å². The van der Waals surface area contributed by atoms with Gasteiger partial charge in [0.25, 0.3) is 0 Å². The zero-order valence-electron chi connectivity index (χ0n) is 15.5. The number of hydrogen-bond acceptors (Lipinski definition) is 3. The van der Waals surface area contributed by atoms with Crippen molar-refractivity contribution in [2.45, 2.75) is 45.6 Å². The summed E-state index contributed by atoms with van der Waals surface area (Å²) in [5.41, 5.74) is 2.59. The molecule has 1 amide bonds. The first-order chi connectivity index (χ1) is 12.1. The van der Waals surface area contributed by atoms with E-state index in [0.717, 1.165) is 44.1 Å². The highest BCUT2D eigenvalue weighted by Gasteiger charge is 2.11. The molecule has 1 atom stereocenters. The van der Waals surface area contributed by atoms with Crippen LogP contribution in [0.3, 0.4) is 0 Å². The molecule has 0 fully saturated rings. The van der Waals surface area contributed by atoms with Crippen molar-refractivity contribution in [3.8, 4) is 5.75 Å². The monoisotopic (exact) mass is 346 g/mol. The summed E-state index contributed by atoms with van der Waals surface area (Å²) in [5.74, 6) is 1.81. The zero-order valence-corrected chi connectivity index (χ0v) is 15.5. The molecule has 0 saturated carbocycles. The van der Waals surface area contributed by atoms with Gasteiger partial charge in [0.05, 0.1) is 6.61 Å². The maximum Gasteiger partial charge on any atom is 0.221 e. The Bertz CT molecular complexity index is 601. The zero-order chi connectivity index (χ0) is 18.1. The number of nitrogens with zero attached hydrogens (tertiary/aromatic N) is 1. The number of benzene rings is 1. The summed E-state index contributed by atoms with van der Waals surface area (Å²) in [6.07, 6.45) is 3.30. The smallest absolute Gasteiger partial charge is 0.221 e. The van der Waals surface area contributed by atoms with E-state index in [2.05, 4.69) is 46.1 Å². The normalized spacial score (nSPS) is 14.4. The summed E-state index contributed by atoms with van der Waals surface area (Å²) < 4.78 is 5.53. The van der Waals surface area contributed by atoms with Crippen LogP contribution in [0.15, 0.2) is 23.2 Å². The molecule has 0 radical (unpaired) electrons. The Balaban J connectivity index is 1.66. The van der Waals surface area contributed by atoms with Crippen LogP contribution < -0.4 is 20.7 Å². The molecule has 2 rings (SSSR count). The average Bonchev–Trinajstić information content (AvgIpc) is 3.08. The quantitative estimate of drug-likeness (QED) is 0.494. The maximum absolute atomic E-state index is 11.8. The minimum atomic E-state index is 0.0673. The molecule has 1 aromatic carbocycles. The number of aliphatic imine (C=N–C) groups is 1. The molecule has 0 aliphatic carbocycles. The van der Waals surface area contributed by atoms with Gasteiger partial charge in [-0.2, -0.15) is 0 Å². The molecule has 0 spiro atoms. The van der Waals surface area contributed by atoms with Crippen molar-refractivity contribution in [3.63, 3.8) is 0 Å². The van der Waals surface area contributed by atoms with Crippen LogP contribution in [0.1, 0.15) is 37.8 Å². The Labute approximate surface area is 150 Å². The molecule has 1 unspecified atom stereocenters. The highest BCUT2D eigenvalue weighted by molar-refractivity contribution is 5.81. The van der Waals surface area contributed by atoms with Crippen molar-refractivity contribution in [3.05, 3.63) is 29.3 Å². The van der Waals surface area contributed by atoms with Gasteiger partial charge in [-0.15, -0.1) is 0 Å². The van der Waals surface area contributed by atoms with E-state index in [0.29, 0.717) is 13.0 Å². The second-order valence-electron chi connectivity index (χ2n) is 6.34. The topological polar surface area (TPSA) is 74.8 Å². The van der Waals surface area contributed by atoms with E-state index < -0.39 is 0 Å². The number of amides is 1. The van der Waals surface area contributed by atoms with Gasteiger partial charge in [-0.05, 0) is 37.0 Å². The molecule has 25 heavy (non-hydrogen) atoms. The van der Waals surface area contributed by atoms with Crippen LogP contribution in [-0.2, 0) is 17.6 Å². The molecule has 3 N–H and O–H groups in total. The fourth-order valence-corrected chi connectivity index (χ4v) is 2.68. The highest BCUT2D eigenvalue weighted by Crippen LogP contribution is 2.25. The van der Waals surface area contributed by atoms with Crippen molar-refractivity contribution in [2.75, 3.05) is 26.7 Å². The number of ether oxygens (including phenoxy) is 1. The number of hydrogen-bond donors (Lipinski definition) is 3. The second kappa shape index (κ2) is 9.91. The molecule has 1 heterocycles. The van der Waals surface area contributed by atoms with Gasteiger partial charge < -0.3 is 20.7 Å². The van der Waals surface area contributed by atoms with Gasteiger partial charge in [0, 0.05) is 39.0 Å². The van der Waals surface area contributed by atoms with E-state index in [4.69, 9.17) is 4.74 Å². The molecule has 0 aromatic heterocycles. The van der Waals surface area contributed by atoms with E-state index in [1.807, 2.05) is 6.92 Å². The summed E-state index contributed by atoms with van der Waals surface area (Å²) >= 11 is 0. The molecule has 0 bridgehead atoms. The number of fused-ring (bicyclic) bond motifs is 1. The molecule has 138 valence electrons. The number of guanidine groups is 1. The van der Waals surface area contributed by atoms with Gasteiger partial charge in [-0.3, -0.25) is 9.79 Å². The predicted molar refractivity (Wildman–Crippen MR) is 101 cm³/mol. The molecule has 6 heteroatoms. The van der Waals surface area contributed by atoms with Gasteiger partial charge in [0.2, 0.25) is 5.91 Å². The fraction of sp³-hybridized carbons (Fsp3) is 0.579. The molecule has 1 aliphatic heterocycles. The summed E-state index contributed by atoms with van der Waals surface area (Å²) in [6.45, 7) is 6.22. The van der Waals surface area contributed by atoms with Crippen LogP contribution in [-0.4, -0.2) is 44.7 Å². The van der Waals surface area contributed by atoms with Gasteiger partial charge in [0.1, 0.15) is 5.75 Å². The lowest BCUT2D eigenvalue weighted by Gasteiger charge is -2.14. The molecule has 1 aliphatic rings. The Morgan fingerprint density at radius 1 is 1.32 bits per heavy atom. The Kier molecular flexibility index (Phi) is 7.57. The molecular weight excluding hydrogens is 316 g/mol. The summed E-state index contributed by atoms with van der Waals surface area (Å²) in [6, 6.07) is 6.61. The third-order valence-corrected chi connectivity index (χ3v) is 4.35. The summed E-state index contributed by atoms with van der Waals surface area (Å²) in [4.78, 5) is 15.9. The van der Waals surface area contributed by atoms with Crippen LogP contribution in [0.4, 0.5) is 0 Å². The number of rotatable bonds is 8. The summed E-state index contributed by atoms with van der Waals surface area (Å²) in [5, 5.41) is 9.42. The van der Waals surface area contributed by atoms with Crippen molar-refractivity contribution in [1.82, 2.24) is 16.0 Å². The first-order valence-corrected chi connectivity index (χ1v) is 9.10. The van der Waals surface area contributed by atoms with E-state index in [-0.39, 0.29) is 11.9 Å². The number of nitrogens with one attached hydrogen (secondary N) is 3. The van der Waals surface area contributed by atoms with Crippen LogP contribution in [0, 0.1) is 0 Å². The Morgan fingerprint density at radius 3 is 2.88 bits per heavy atom. The summed E-state index contributed by atoms with van der Waals surface area (Å²) in [7, 11) is 1.74. The van der Waals surface area contributed by atoms with Crippen molar-refractivity contribution >= 4 is 11.9 Å². The first-order valence-electron chi connectivity index (χ1n) is 9.10. The maximum atomic E-state index is 11.8. The largest absolute Gasteiger partial charge is 0.493 e. The second-order valence-corrected chi connectivity index (χ2v) is 6.34. The molecule has 6 nitrogen and oxygen atoms in total. The lowest BCUT2D eigenvalue weighted by atomic mass is 10.1. The van der Waals surface area contributed by atoms with Gasteiger partial charge in [-0.1, -0.05) is 19.1 Å². The highest BCUT2D eigenvalue weighted by atomic mass is 16.5. The molecular formula is C19H30N4O2. The van der Waals surface area contributed by atoms with Gasteiger partial charge in [-0.25, -0.2) is 0 Å². The van der Waals surface area contributed by atoms with Gasteiger partial charge >= 0.3 is 0 Å². The number of carbonyl (C=O) groups excluding carboxylic acids is 1. The lowest BCUT2D eigenvalue weighted by molar-refractivity contribution is -0.121. The van der Waals surface area contributed by atoms with Crippen LogP contribution in [0.5, 0.6) is 5.75 Å². The van der Waals surface area contributed by atoms with Gasteiger partial charge in [0.15, 0.2) is 5.96 Å². The third kappa shape index (κ3) is 6.29. The number of carbonyl (C=O) groups is 1.